The van der Waals surface area contributed by atoms with Crippen molar-refractivity contribution in [3.8, 4) is 5.75 Å². The number of carbonyl (C=O) groups is 1. The summed E-state index contributed by atoms with van der Waals surface area (Å²) in [7, 11) is 0. The fourth-order valence-electron chi connectivity index (χ4n) is 3.47. The van der Waals surface area contributed by atoms with Gasteiger partial charge in [-0.1, -0.05) is 12.1 Å². The Morgan fingerprint density at radius 3 is 2.56 bits per heavy atom. The summed E-state index contributed by atoms with van der Waals surface area (Å²) < 4.78 is 41.0. The average Bonchev–Trinajstić information content (AvgIpc) is 2.56. The summed E-state index contributed by atoms with van der Waals surface area (Å²) >= 11 is 0. The second-order valence-electron chi connectivity index (χ2n) is 6.36. The quantitative estimate of drug-likeness (QED) is 0.566. The topological polar surface area (TPSA) is 91.4 Å². The van der Waals surface area contributed by atoms with Gasteiger partial charge in [0.15, 0.2) is 5.75 Å². The molecule has 1 aromatic carbocycles. The highest BCUT2D eigenvalue weighted by Crippen LogP contribution is 2.31. The molecule has 4 rings (SSSR count). The molecule has 25 heavy (non-hydrogen) atoms. The van der Waals surface area contributed by atoms with E-state index in [2.05, 4.69) is 15.0 Å². The van der Waals surface area contributed by atoms with Gasteiger partial charge < -0.3 is 20.7 Å². The lowest BCUT2D eigenvalue weighted by Crippen LogP contribution is -2.58. The summed E-state index contributed by atoms with van der Waals surface area (Å²) in [5.41, 5.74) is 4.73. The van der Waals surface area contributed by atoms with Gasteiger partial charge in [0.1, 0.15) is 5.71 Å². The number of alkyl halides is 3. The van der Waals surface area contributed by atoms with Crippen LogP contribution in [-0.4, -0.2) is 48.6 Å². The number of carbonyl (C=O) groups excluding carboxylic acids is 1. The molecule has 3 heterocycles. The first kappa shape index (κ1) is 17.5. The van der Waals surface area contributed by atoms with Crippen molar-refractivity contribution >= 4 is 17.3 Å². The van der Waals surface area contributed by atoms with E-state index < -0.39 is 23.7 Å². The van der Waals surface area contributed by atoms with Crippen molar-refractivity contribution in [1.82, 2.24) is 10.2 Å². The second-order valence-corrected chi connectivity index (χ2v) is 6.36. The fraction of sp³-hybridized carbons (Fsp3) is 0.500. The molecular formula is C16H19F3N4O2. The number of nitrogens with one attached hydrogen (secondary N) is 2. The van der Waals surface area contributed by atoms with E-state index in [-0.39, 0.29) is 17.3 Å². The largest absolute Gasteiger partial charge is 0.573 e. The average molecular weight is 356 g/mol. The van der Waals surface area contributed by atoms with Gasteiger partial charge in [0.25, 0.3) is 5.91 Å². The number of nitrogen functional groups attached to an aromatic ring is 1. The number of para-hydroxylation sites is 1. The zero-order valence-electron chi connectivity index (χ0n) is 13.4. The Morgan fingerprint density at radius 1 is 1.32 bits per heavy atom. The number of piperidine rings is 3. The monoisotopic (exact) mass is 356 g/mol. The van der Waals surface area contributed by atoms with Gasteiger partial charge in [-0.05, 0) is 37.9 Å². The molecule has 136 valence electrons. The number of ether oxygens (including phenoxy) is 1. The third-order valence-corrected chi connectivity index (χ3v) is 4.76. The van der Waals surface area contributed by atoms with E-state index in [1.54, 1.807) is 0 Å². The van der Waals surface area contributed by atoms with Gasteiger partial charge in [-0.25, -0.2) is 0 Å². The number of amides is 1. The number of hydrogen-bond donors (Lipinski definition) is 3. The zero-order valence-corrected chi connectivity index (χ0v) is 13.4. The van der Waals surface area contributed by atoms with Gasteiger partial charge in [-0.2, -0.15) is 0 Å². The van der Waals surface area contributed by atoms with Crippen molar-refractivity contribution in [2.24, 2.45) is 5.92 Å². The Bertz CT molecular complexity index is 684. The second kappa shape index (κ2) is 6.55. The SMILES string of the molecule is N=C(C(=O)NC1CN2CCC1CC2)c1cccc(OC(F)(F)F)c1N. The smallest absolute Gasteiger partial charge is 0.404 e. The van der Waals surface area contributed by atoms with Crippen LogP contribution in [0.1, 0.15) is 18.4 Å². The van der Waals surface area contributed by atoms with Crippen LogP contribution in [0, 0.1) is 11.3 Å². The Hall–Kier alpha value is -2.29. The maximum absolute atomic E-state index is 12.4. The molecule has 3 aliphatic heterocycles. The van der Waals surface area contributed by atoms with Crippen molar-refractivity contribution in [2.75, 3.05) is 25.4 Å². The van der Waals surface area contributed by atoms with E-state index >= 15 is 0 Å². The standard InChI is InChI=1S/C16H19F3N4O2/c17-16(18,19)25-12-3-1-2-10(13(12)20)14(21)15(24)22-11-8-23-6-4-9(11)5-7-23/h1-3,9,11,21H,4-8,20H2,(H,22,24). The first-order valence-electron chi connectivity index (χ1n) is 8.01. The number of hydrogen-bond acceptors (Lipinski definition) is 5. The maximum Gasteiger partial charge on any atom is 0.573 e. The number of rotatable bonds is 4. The molecule has 6 nitrogen and oxygen atoms in total. The van der Waals surface area contributed by atoms with Gasteiger partial charge in [-0.15, -0.1) is 13.2 Å². The van der Waals surface area contributed by atoms with Crippen molar-refractivity contribution in [3.63, 3.8) is 0 Å². The van der Waals surface area contributed by atoms with Crippen LogP contribution in [0.2, 0.25) is 0 Å². The number of anilines is 1. The molecule has 0 saturated carbocycles. The summed E-state index contributed by atoms with van der Waals surface area (Å²) in [6, 6.07) is 3.59. The van der Waals surface area contributed by atoms with E-state index in [4.69, 9.17) is 11.1 Å². The molecule has 0 aromatic heterocycles. The number of halogens is 3. The van der Waals surface area contributed by atoms with Crippen LogP contribution >= 0.6 is 0 Å². The predicted molar refractivity (Wildman–Crippen MR) is 85.5 cm³/mol. The zero-order chi connectivity index (χ0) is 18.2. The van der Waals surface area contributed by atoms with Crippen LogP contribution in [0.25, 0.3) is 0 Å². The summed E-state index contributed by atoms with van der Waals surface area (Å²) in [4.78, 5) is 14.6. The van der Waals surface area contributed by atoms with Crippen molar-refractivity contribution in [1.29, 1.82) is 5.41 Å². The highest BCUT2D eigenvalue weighted by molar-refractivity contribution is 6.45. The summed E-state index contributed by atoms with van der Waals surface area (Å²) in [6.07, 6.45) is -2.91. The molecule has 1 unspecified atom stereocenters. The third-order valence-electron chi connectivity index (χ3n) is 4.76. The van der Waals surface area contributed by atoms with Gasteiger partial charge in [0.2, 0.25) is 0 Å². The van der Waals surface area contributed by atoms with Gasteiger partial charge in [0, 0.05) is 18.2 Å². The molecular weight excluding hydrogens is 337 g/mol. The molecule has 0 radical (unpaired) electrons. The van der Waals surface area contributed by atoms with Crippen LogP contribution < -0.4 is 15.8 Å². The Balaban J connectivity index is 1.72. The Kier molecular flexibility index (Phi) is 4.59. The molecule has 3 saturated heterocycles. The molecule has 9 heteroatoms. The highest BCUT2D eigenvalue weighted by Gasteiger charge is 2.36. The van der Waals surface area contributed by atoms with Crippen LogP contribution in [-0.2, 0) is 4.79 Å². The predicted octanol–water partition coefficient (Wildman–Crippen LogP) is 1.75. The minimum absolute atomic E-state index is 0.0498. The molecule has 1 atom stereocenters. The number of benzene rings is 1. The summed E-state index contributed by atoms with van der Waals surface area (Å²) in [5, 5.41) is 10.8. The fourth-order valence-corrected chi connectivity index (χ4v) is 3.47. The number of fused-ring (bicyclic) bond motifs is 3. The molecule has 3 aliphatic rings. The first-order chi connectivity index (χ1) is 11.7. The molecule has 1 amide bonds. The minimum atomic E-state index is -4.90. The number of nitrogens with two attached hydrogens (primary N) is 1. The van der Waals surface area contributed by atoms with Crippen molar-refractivity contribution in [3.05, 3.63) is 23.8 Å². The molecule has 3 fully saturated rings. The van der Waals surface area contributed by atoms with E-state index in [9.17, 15) is 18.0 Å². The van der Waals surface area contributed by atoms with Gasteiger partial charge in [0.05, 0.1) is 5.69 Å². The van der Waals surface area contributed by atoms with Crippen LogP contribution in [0.3, 0.4) is 0 Å². The normalized spacial score (nSPS) is 25.5. The van der Waals surface area contributed by atoms with Crippen LogP contribution in [0.4, 0.5) is 18.9 Å². The van der Waals surface area contributed by atoms with E-state index in [1.807, 2.05) is 0 Å². The van der Waals surface area contributed by atoms with Crippen molar-refractivity contribution < 1.29 is 22.7 Å². The Morgan fingerprint density at radius 2 is 2.00 bits per heavy atom. The lowest BCUT2D eigenvalue weighted by atomic mass is 9.84. The third kappa shape index (κ3) is 3.87. The van der Waals surface area contributed by atoms with Gasteiger partial charge in [-0.3, -0.25) is 10.2 Å². The van der Waals surface area contributed by atoms with Gasteiger partial charge >= 0.3 is 6.36 Å². The van der Waals surface area contributed by atoms with Crippen LogP contribution in [0.15, 0.2) is 18.2 Å². The maximum atomic E-state index is 12.4. The van der Waals surface area contributed by atoms with E-state index in [1.165, 1.54) is 12.1 Å². The van der Waals surface area contributed by atoms with E-state index in [0.29, 0.717) is 5.92 Å². The molecule has 2 bridgehead atoms. The first-order valence-corrected chi connectivity index (χ1v) is 8.01. The highest BCUT2D eigenvalue weighted by atomic mass is 19.4. The molecule has 0 aliphatic carbocycles. The Labute approximate surface area is 142 Å². The van der Waals surface area contributed by atoms with Crippen molar-refractivity contribution in [2.45, 2.75) is 25.2 Å². The summed E-state index contributed by atoms with van der Waals surface area (Å²) in [6.45, 7) is 2.76. The number of nitrogens with zero attached hydrogens (tertiary/aromatic N) is 1. The minimum Gasteiger partial charge on any atom is -0.404 e. The molecule has 1 aromatic rings. The molecule has 0 spiro atoms. The van der Waals surface area contributed by atoms with Crippen LogP contribution in [0.5, 0.6) is 5.75 Å². The lowest BCUT2D eigenvalue weighted by Gasteiger charge is -2.44. The summed E-state index contributed by atoms with van der Waals surface area (Å²) in [5.74, 6) is -0.890. The van der Waals surface area contributed by atoms with E-state index in [0.717, 1.165) is 38.5 Å². The lowest BCUT2D eigenvalue weighted by molar-refractivity contribution is -0.274. The molecule has 4 N–H and O–H groups in total.